The molecule has 0 saturated carbocycles. The van der Waals surface area contributed by atoms with Crippen LogP contribution in [-0.2, 0) is 19.5 Å². The van der Waals surface area contributed by atoms with Crippen LogP contribution in [0.1, 0.15) is 0 Å². The molecule has 0 spiro atoms. The Balaban J connectivity index is -0.000000208. The Morgan fingerprint density at radius 3 is 1.20 bits per heavy atom. The predicted molar refractivity (Wildman–Crippen MR) is 43.7 cm³/mol. The number of aliphatic hydroxyl groups is 1. The Morgan fingerprint density at radius 1 is 1.00 bits per heavy atom. The molecule has 0 atom stereocenters. The quantitative estimate of drug-likeness (QED) is 0.574. The molecule has 0 saturated heterocycles. The average molecular weight is 306 g/mol. The third-order valence-electron chi connectivity index (χ3n) is 0.613. The predicted octanol–water partition coefficient (Wildman–Crippen LogP) is 1.99. The Labute approximate surface area is 98.4 Å². The van der Waals surface area contributed by atoms with Gasteiger partial charge in [0.25, 0.3) is 0 Å². The van der Waals surface area contributed by atoms with Gasteiger partial charge in [0.05, 0.1) is 0 Å². The van der Waals surface area contributed by atoms with E-state index in [0.29, 0.717) is 0 Å². The fraction of sp³-hybridized carbons (Fsp3) is 1.00. The van der Waals surface area contributed by atoms with Gasteiger partial charge in [-0.2, -0.15) is 22.0 Å². The molecule has 0 fully saturated rings. The molecule has 0 amide bonds. The fourth-order valence-electron chi connectivity index (χ4n) is 0.0896. The summed E-state index contributed by atoms with van der Waals surface area (Å²) in [6, 6.07) is 0. The topological polar surface area (TPSA) is 40.5 Å². The summed E-state index contributed by atoms with van der Waals surface area (Å²) in [6.45, 7) is 3.45. The summed E-state index contributed by atoms with van der Waals surface area (Å²) < 4.78 is 55.3. The number of hydrogen-bond acceptors (Lipinski definition) is 2. The van der Waals surface area contributed by atoms with Crippen molar-refractivity contribution < 1.29 is 51.3 Å². The van der Waals surface area contributed by atoms with E-state index in [-0.39, 0.29) is 19.5 Å². The number of aliphatic hydroxyl groups excluding tert-OH is 1. The molecule has 0 aliphatic heterocycles. The molecule has 0 bridgehead atoms. The average Bonchev–Trinajstić information content (AvgIpc) is 1.81. The Hall–Kier alpha value is 0.410. The fourth-order valence-corrected chi connectivity index (χ4v) is 0.0896. The van der Waals surface area contributed by atoms with Crippen molar-refractivity contribution in [2.24, 2.45) is 0 Å². The number of halogens is 5. The van der Waals surface area contributed by atoms with Crippen molar-refractivity contribution in [3.8, 4) is 0 Å². The van der Waals surface area contributed by atoms with E-state index in [1.807, 2.05) is 19.6 Å². The number of hydrogen-bond donors (Lipinski definition) is 2. The third-order valence-corrected chi connectivity index (χ3v) is 0.613. The number of alkyl halides is 5. The van der Waals surface area contributed by atoms with E-state index in [1.54, 1.807) is 0 Å². The van der Waals surface area contributed by atoms with Crippen LogP contribution in [0.3, 0.4) is 0 Å². The normalized spacial score (nSPS) is 12.4. The summed E-state index contributed by atoms with van der Waals surface area (Å²) in [5.74, 6) is -4.97. The molecular weight excluding hydrogens is 293 g/mol. The minimum atomic E-state index is -5.64. The summed E-state index contributed by atoms with van der Waals surface area (Å²) in [7, 11) is -1.61. The van der Waals surface area contributed by atoms with E-state index in [1.165, 1.54) is 0 Å². The molecule has 2 nitrogen and oxygen atoms in total. The molecule has 0 heterocycles. The van der Waals surface area contributed by atoms with Crippen molar-refractivity contribution >= 4 is 8.32 Å². The molecule has 0 aliphatic carbocycles. The van der Waals surface area contributed by atoms with E-state index in [2.05, 4.69) is 0 Å². The third kappa shape index (κ3) is 14.4. The van der Waals surface area contributed by atoms with E-state index < -0.39 is 27.0 Å². The van der Waals surface area contributed by atoms with E-state index in [4.69, 9.17) is 9.90 Å². The van der Waals surface area contributed by atoms with Gasteiger partial charge in [0.1, 0.15) is 6.61 Å². The zero-order valence-electron chi connectivity index (χ0n) is 8.70. The summed E-state index contributed by atoms with van der Waals surface area (Å²) >= 11 is 0. The first kappa shape index (κ1) is 20.8. The molecule has 0 aromatic carbocycles. The summed E-state index contributed by atoms with van der Waals surface area (Å²) in [4.78, 5) is 8.66. The van der Waals surface area contributed by atoms with Crippen LogP contribution in [0.4, 0.5) is 22.0 Å². The Bertz CT molecular complexity index is 162. The minimum Gasteiger partial charge on any atom is -0.433 e. The van der Waals surface area contributed by atoms with E-state index in [0.717, 1.165) is 0 Å². The van der Waals surface area contributed by atoms with Crippen molar-refractivity contribution in [1.29, 1.82) is 0 Å². The molecule has 0 rings (SSSR count). The van der Waals surface area contributed by atoms with Gasteiger partial charge in [-0.05, 0) is 19.6 Å². The van der Waals surface area contributed by atoms with Crippen LogP contribution in [-0.4, -0.2) is 36.9 Å². The second-order valence-electron chi connectivity index (χ2n) is 3.53. The molecule has 15 heavy (non-hydrogen) atoms. The molecule has 0 aromatic rings. The zero-order chi connectivity index (χ0) is 12.2. The standard InChI is InChI=1S/C3H3F5O.C3H10OSi.Zn/c4-2(5,1-9)3(6,7)8;1-5(2,3)4;/h9H,1H2;4H,1-3H3;. The summed E-state index contributed by atoms with van der Waals surface area (Å²) in [5, 5.41) is 7.46. The van der Waals surface area contributed by atoms with Gasteiger partial charge >= 0.3 is 12.1 Å². The van der Waals surface area contributed by atoms with Crippen molar-refractivity contribution in [3.63, 3.8) is 0 Å². The van der Waals surface area contributed by atoms with E-state index in [9.17, 15) is 22.0 Å². The minimum absolute atomic E-state index is 0. The van der Waals surface area contributed by atoms with Crippen LogP contribution in [0.5, 0.6) is 0 Å². The maximum absolute atomic E-state index is 11.3. The largest absolute Gasteiger partial charge is 0.455 e. The van der Waals surface area contributed by atoms with Crippen molar-refractivity contribution in [1.82, 2.24) is 0 Å². The molecule has 0 unspecified atom stereocenters. The summed E-state index contributed by atoms with van der Waals surface area (Å²) in [5.41, 5.74) is 0. The van der Waals surface area contributed by atoms with E-state index >= 15 is 0 Å². The molecule has 2 N–H and O–H groups in total. The maximum Gasteiger partial charge on any atom is 0.455 e. The van der Waals surface area contributed by atoms with Gasteiger partial charge in [0.2, 0.25) is 0 Å². The Kier molecular flexibility index (Phi) is 9.53. The van der Waals surface area contributed by atoms with Gasteiger partial charge in [-0.1, -0.05) is 0 Å². The monoisotopic (exact) mass is 304 g/mol. The Morgan fingerprint density at radius 2 is 1.20 bits per heavy atom. The smallest absolute Gasteiger partial charge is 0.433 e. The zero-order valence-corrected chi connectivity index (χ0v) is 12.7. The van der Waals surface area contributed by atoms with Gasteiger partial charge in [-0.25, -0.2) is 0 Å². The van der Waals surface area contributed by atoms with Crippen LogP contribution >= 0.6 is 0 Å². The molecule has 0 aromatic heterocycles. The van der Waals surface area contributed by atoms with Crippen molar-refractivity contribution in [2.45, 2.75) is 31.7 Å². The molecule has 90 valence electrons. The van der Waals surface area contributed by atoms with Crippen molar-refractivity contribution in [3.05, 3.63) is 0 Å². The van der Waals surface area contributed by atoms with Crippen LogP contribution in [0.2, 0.25) is 19.6 Å². The van der Waals surface area contributed by atoms with Gasteiger partial charge in [-0.3, -0.25) is 0 Å². The first-order chi connectivity index (χ1) is 5.81. The molecular formula is C6H13F5O2SiZn. The van der Waals surface area contributed by atoms with Crippen molar-refractivity contribution in [2.75, 3.05) is 6.61 Å². The van der Waals surface area contributed by atoms with Gasteiger partial charge in [-0.15, -0.1) is 0 Å². The molecule has 9 heteroatoms. The van der Waals surface area contributed by atoms with Gasteiger partial charge in [0.15, 0.2) is 8.32 Å². The summed E-state index contributed by atoms with van der Waals surface area (Å²) in [6.07, 6.45) is -5.64. The molecule has 0 aliphatic rings. The second-order valence-corrected chi connectivity index (χ2v) is 7.87. The van der Waals surface area contributed by atoms with Gasteiger partial charge < -0.3 is 9.90 Å². The molecule has 0 radical (unpaired) electrons. The van der Waals surface area contributed by atoms with Crippen LogP contribution < -0.4 is 0 Å². The van der Waals surface area contributed by atoms with Gasteiger partial charge in [0, 0.05) is 19.5 Å². The van der Waals surface area contributed by atoms with Crippen LogP contribution in [0.15, 0.2) is 0 Å². The number of rotatable bonds is 1. The van der Waals surface area contributed by atoms with Crippen LogP contribution in [0.25, 0.3) is 0 Å². The second kappa shape index (κ2) is 6.88. The first-order valence-electron chi connectivity index (χ1n) is 3.59. The first-order valence-corrected chi connectivity index (χ1v) is 7.04. The SMILES string of the molecule is C[Si](C)(C)O.OCC(F)(F)C(F)(F)F.[Zn]. The van der Waals surface area contributed by atoms with Crippen LogP contribution in [0, 0.1) is 0 Å². The maximum atomic E-state index is 11.3.